The molecule has 2 rings (SSSR count). The van der Waals surface area contributed by atoms with Crippen LogP contribution in [0.5, 0.6) is 0 Å². The van der Waals surface area contributed by atoms with Crippen molar-refractivity contribution in [1.82, 2.24) is 9.55 Å². The highest BCUT2D eigenvalue weighted by atomic mass is 79.9. The van der Waals surface area contributed by atoms with Gasteiger partial charge in [-0.1, -0.05) is 37.9 Å². The minimum absolute atomic E-state index is 0.150. The van der Waals surface area contributed by atoms with E-state index in [1.54, 1.807) is 12.5 Å². The van der Waals surface area contributed by atoms with Gasteiger partial charge in [-0.15, -0.1) is 0 Å². The summed E-state index contributed by atoms with van der Waals surface area (Å²) in [6.45, 7) is 2.95. The average molecular weight is 434 g/mol. The Bertz CT molecular complexity index is 605. The second-order valence-electron chi connectivity index (χ2n) is 4.21. The minimum Gasteiger partial charge on any atom is -0.457 e. The van der Waals surface area contributed by atoms with Gasteiger partial charge in [-0.05, 0) is 19.1 Å². The van der Waals surface area contributed by atoms with Gasteiger partial charge in [-0.25, -0.2) is 4.98 Å². The number of halogens is 2. The normalized spacial score (nSPS) is 12.0. The number of aromatic nitrogens is 2. The summed E-state index contributed by atoms with van der Waals surface area (Å²) in [4.78, 5) is 4.05. The predicted octanol–water partition coefficient (Wildman–Crippen LogP) is 4.49. The van der Waals surface area contributed by atoms with Crippen LogP contribution in [0.2, 0.25) is 0 Å². The second-order valence-corrected chi connectivity index (χ2v) is 6.32. The van der Waals surface area contributed by atoms with Crippen LogP contribution in [0.3, 0.4) is 0 Å². The van der Waals surface area contributed by atoms with Crippen LogP contribution in [-0.2, 0) is 16.0 Å². The van der Waals surface area contributed by atoms with Crippen LogP contribution in [0.15, 0.2) is 45.9 Å². The molecule has 2 aromatic rings. The summed E-state index contributed by atoms with van der Waals surface area (Å²) in [6, 6.07) is 5.93. The Labute approximate surface area is 145 Å². The molecule has 1 heterocycles. The van der Waals surface area contributed by atoms with Crippen molar-refractivity contribution >= 4 is 49.3 Å². The summed E-state index contributed by atoms with van der Waals surface area (Å²) in [6.07, 6.45) is 5.09. The summed E-state index contributed by atoms with van der Waals surface area (Å²) in [7, 11) is 0. The monoisotopic (exact) mass is 432 g/mol. The smallest absolute Gasteiger partial charge is 0.352 e. The molecular formula is C14H14Br2N2O2S. The van der Waals surface area contributed by atoms with Crippen LogP contribution < -0.4 is 0 Å². The highest BCUT2D eigenvalue weighted by molar-refractivity contribution is 9.11. The molecule has 0 spiro atoms. The number of benzene rings is 1. The van der Waals surface area contributed by atoms with E-state index >= 15 is 0 Å². The van der Waals surface area contributed by atoms with E-state index in [1.165, 1.54) is 0 Å². The van der Waals surface area contributed by atoms with Crippen molar-refractivity contribution in [2.75, 3.05) is 6.61 Å². The third-order valence-corrected chi connectivity index (χ3v) is 4.14. The van der Waals surface area contributed by atoms with Gasteiger partial charge in [0.25, 0.3) is 0 Å². The molecule has 1 aromatic carbocycles. The summed E-state index contributed by atoms with van der Waals surface area (Å²) < 4.78 is 14.9. The van der Waals surface area contributed by atoms with E-state index in [2.05, 4.69) is 36.8 Å². The number of hydrogen-bond donors (Lipinski definition) is 0. The van der Waals surface area contributed by atoms with E-state index in [-0.39, 0.29) is 11.3 Å². The quantitative estimate of drug-likeness (QED) is 0.651. The largest absolute Gasteiger partial charge is 0.457 e. The molecule has 0 N–H and O–H groups in total. The SMILES string of the molecule is CCOC(=S)OC(Cn1ccnc1)c1ccc(Br)cc1Br. The Morgan fingerprint density at radius 2 is 2.24 bits per heavy atom. The zero-order valence-corrected chi connectivity index (χ0v) is 15.3. The Morgan fingerprint density at radius 1 is 1.43 bits per heavy atom. The van der Waals surface area contributed by atoms with Crippen molar-refractivity contribution in [2.45, 2.75) is 19.6 Å². The van der Waals surface area contributed by atoms with Crippen molar-refractivity contribution in [2.24, 2.45) is 0 Å². The van der Waals surface area contributed by atoms with Crippen molar-refractivity contribution in [3.63, 3.8) is 0 Å². The van der Waals surface area contributed by atoms with Crippen LogP contribution in [-0.4, -0.2) is 21.4 Å². The molecule has 21 heavy (non-hydrogen) atoms. The number of nitrogens with zero attached hydrogens (tertiary/aromatic N) is 2. The lowest BCUT2D eigenvalue weighted by atomic mass is 10.1. The summed E-state index contributed by atoms with van der Waals surface area (Å²) in [5.74, 6) is 0. The molecule has 7 heteroatoms. The highest BCUT2D eigenvalue weighted by Gasteiger charge is 2.19. The molecule has 0 radical (unpaired) electrons. The van der Waals surface area contributed by atoms with Crippen molar-refractivity contribution < 1.29 is 9.47 Å². The first-order chi connectivity index (χ1) is 10.1. The van der Waals surface area contributed by atoms with Gasteiger partial charge in [0.2, 0.25) is 0 Å². The molecule has 0 aliphatic carbocycles. The van der Waals surface area contributed by atoms with Gasteiger partial charge in [0.1, 0.15) is 6.10 Å². The highest BCUT2D eigenvalue weighted by Crippen LogP contribution is 2.30. The fourth-order valence-corrected chi connectivity index (χ4v) is 3.35. The molecule has 0 aliphatic rings. The molecular weight excluding hydrogens is 420 g/mol. The van der Waals surface area contributed by atoms with Gasteiger partial charge in [0, 0.05) is 39.1 Å². The van der Waals surface area contributed by atoms with Gasteiger partial charge < -0.3 is 14.0 Å². The third-order valence-electron chi connectivity index (χ3n) is 2.75. The minimum atomic E-state index is -0.263. The maximum absolute atomic E-state index is 5.79. The molecule has 112 valence electrons. The van der Waals surface area contributed by atoms with Gasteiger partial charge in [-0.3, -0.25) is 0 Å². The second kappa shape index (κ2) is 7.91. The van der Waals surface area contributed by atoms with E-state index in [1.807, 2.05) is 35.9 Å². The van der Waals surface area contributed by atoms with Gasteiger partial charge in [-0.2, -0.15) is 0 Å². The number of hydrogen-bond acceptors (Lipinski definition) is 4. The third kappa shape index (κ3) is 4.79. The van der Waals surface area contributed by atoms with E-state index < -0.39 is 0 Å². The number of rotatable bonds is 5. The predicted molar refractivity (Wildman–Crippen MR) is 92.1 cm³/mol. The first-order valence-electron chi connectivity index (χ1n) is 6.34. The Morgan fingerprint density at radius 3 is 2.86 bits per heavy atom. The van der Waals surface area contributed by atoms with Crippen LogP contribution in [0.4, 0.5) is 0 Å². The van der Waals surface area contributed by atoms with Crippen LogP contribution in [0.1, 0.15) is 18.6 Å². The number of ether oxygens (including phenoxy) is 2. The lowest BCUT2D eigenvalue weighted by Crippen LogP contribution is -2.17. The molecule has 1 aromatic heterocycles. The maximum Gasteiger partial charge on any atom is 0.352 e. The average Bonchev–Trinajstić information content (AvgIpc) is 2.91. The Hall–Kier alpha value is -0.920. The van der Waals surface area contributed by atoms with Crippen molar-refractivity contribution in [1.29, 1.82) is 0 Å². The van der Waals surface area contributed by atoms with E-state index in [0.717, 1.165) is 14.5 Å². The molecule has 0 fully saturated rings. The first kappa shape index (κ1) is 16.5. The zero-order chi connectivity index (χ0) is 15.2. The van der Waals surface area contributed by atoms with Crippen molar-refractivity contribution in [3.05, 3.63) is 51.4 Å². The summed E-state index contributed by atoms with van der Waals surface area (Å²) in [5, 5.41) is 0.150. The fraction of sp³-hybridized carbons (Fsp3) is 0.286. The van der Waals surface area contributed by atoms with Gasteiger partial charge >= 0.3 is 5.24 Å². The lowest BCUT2D eigenvalue weighted by Gasteiger charge is -2.21. The molecule has 1 atom stereocenters. The topological polar surface area (TPSA) is 36.3 Å². The standard InChI is InChI=1S/C14H14Br2N2O2S/c1-2-19-14(21)20-13(8-18-6-5-17-9-18)11-4-3-10(15)7-12(11)16/h3-7,9,13H,2,8H2,1H3. The molecule has 0 saturated heterocycles. The number of thiocarbonyl (C=S) groups is 1. The molecule has 0 saturated carbocycles. The molecule has 0 aliphatic heterocycles. The maximum atomic E-state index is 5.79. The fourth-order valence-electron chi connectivity index (χ4n) is 1.82. The number of imidazole rings is 1. The molecule has 1 unspecified atom stereocenters. The lowest BCUT2D eigenvalue weighted by molar-refractivity contribution is 0.109. The molecule has 0 amide bonds. The van der Waals surface area contributed by atoms with E-state index in [0.29, 0.717) is 13.2 Å². The molecule has 4 nitrogen and oxygen atoms in total. The Balaban J connectivity index is 2.23. The molecule has 0 bridgehead atoms. The van der Waals surface area contributed by atoms with Crippen LogP contribution in [0.25, 0.3) is 0 Å². The van der Waals surface area contributed by atoms with Gasteiger partial charge in [0.15, 0.2) is 0 Å². The van der Waals surface area contributed by atoms with E-state index in [9.17, 15) is 0 Å². The first-order valence-corrected chi connectivity index (χ1v) is 8.33. The zero-order valence-electron chi connectivity index (χ0n) is 11.3. The van der Waals surface area contributed by atoms with E-state index in [4.69, 9.17) is 21.7 Å². The van der Waals surface area contributed by atoms with Crippen molar-refractivity contribution in [3.8, 4) is 0 Å². The van der Waals surface area contributed by atoms with Crippen LogP contribution in [0, 0.1) is 0 Å². The summed E-state index contributed by atoms with van der Waals surface area (Å²) >= 11 is 12.1. The Kier molecular flexibility index (Phi) is 6.20. The van der Waals surface area contributed by atoms with Gasteiger partial charge in [0.05, 0.1) is 19.5 Å². The van der Waals surface area contributed by atoms with Crippen LogP contribution >= 0.6 is 44.1 Å². The summed E-state index contributed by atoms with van der Waals surface area (Å²) in [5.41, 5.74) is 0.994.